The molecule has 0 spiro atoms. The van der Waals surface area contributed by atoms with Gasteiger partial charge in [-0.15, -0.1) is 0 Å². The molecule has 0 aromatic heterocycles. The number of carbonyl (C=O) groups excluding carboxylic acids is 1. The van der Waals surface area contributed by atoms with Crippen molar-refractivity contribution in [2.75, 3.05) is 0 Å². The van der Waals surface area contributed by atoms with Crippen molar-refractivity contribution in [3.8, 4) is 5.75 Å². The third-order valence-electron chi connectivity index (χ3n) is 5.95. The van der Waals surface area contributed by atoms with Gasteiger partial charge in [-0.2, -0.15) is 5.10 Å². The Morgan fingerprint density at radius 1 is 1.33 bits per heavy atom. The molecule has 0 saturated heterocycles. The first-order chi connectivity index (χ1) is 9.86. The summed E-state index contributed by atoms with van der Waals surface area (Å²) in [5.41, 5.74) is 4.28. The highest BCUT2D eigenvalue weighted by Gasteiger charge is 2.60. The predicted molar refractivity (Wildman–Crippen MR) is 82.2 cm³/mol. The number of hydrogen-bond acceptors (Lipinski definition) is 3. The van der Waals surface area contributed by atoms with E-state index in [1.54, 1.807) is 18.2 Å². The summed E-state index contributed by atoms with van der Waals surface area (Å²) in [7, 11) is 0. The van der Waals surface area contributed by atoms with Crippen LogP contribution in [-0.2, 0) is 0 Å². The van der Waals surface area contributed by atoms with Crippen molar-refractivity contribution < 1.29 is 9.90 Å². The zero-order valence-electron chi connectivity index (χ0n) is 12.8. The van der Waals surface area contributed by atoms with Gasteiger partial charge in [0, 0.05) is 11.1 Å². The number of carbonyl (C=O) groups is 1. The fourth-order valence-electron chi connectivity index (χ4n) is 3.94. The summed E-state index contributed by atoms with van der Waals surface area (Å²) in [5.74, 6) is 0.280. The van der Waals surface area contributed by atoms with Gasteiger partial charge in [0.1, 0.15) is 5.75 Å². The Morgan fingerprint density at radius 2 is 2.05 bits per heavy atom. The molecule has 0 radical (unpaired) electrons. The molecule has 21 heavy (non-hydrogen) atoms. The van der Waals surface area contributed by atoms with Crippen molar-refractivity contribution in [2.45, 2.75) is 40.0 Å². The Bertz CT molecular complexity index is 621. The fourth-order valence-corrected chi connectivity index (χ4v) is 3.94. The fraction of sp³-hybridized carbons (Fsp3) is 0.529. The van der Waals surface area contributed by atoms with Gasteiger partial charge in [-0.05, 0) is 42.7 Å². The van der Waals surface area contributed by atoms with Gasteiger partial charge in [0.25, 0.3) is 5.91 Å². The minimum absolute atomic E-state index is 0.0188. The molecule has 1 aromatic carbocycles. The van der Waals surface area contributed by atoms with Crippen LogP contribution in [0.5, 0.6) is 5.75 Å². The lowest BCUT2D eigenvalue weighted by Crippen LogP contribution is -2.34. The number of phenolic OH excluding ortho intramolecular Hbond substituents is 1. The highest BCUT2D eigenvalue weighted by atomic mass is 16.3. The molecular formula is C17H22N2O2. The van der Waals surface area contributed by atoms with E-state index in [0.717, 1.165) is 18.6 Å². The number of nitrogens with one attached hydrogen (secondary N) is 1. The summed E-state index contributed by atoms with van der Waals surface area (Å²) in [6.07, 6.45) is 3.34. The van der Waals surface area contributed by atoms with E-state index >= 15 is 0 Å². The Labute approximate surface area is 125 Å². The lowest BCUT2D eigenvalue weighted by Gasteiger charge is -2.34. The largest absolute Gasteiger partial charge is 0.507 e. The normalized spacial score (nSPS) is 31.6. The Hall–Kier alpha value is -1.84. The van der Waals surface area contributed by atoms with Gasteiger partial charge in [-0.1, -0.05) is 32.9 Å². The lowest BCUT2D eigenvalue weighted by atomic mass is 9.70. The van der Waals surface area contributed by atoms with Crippen LogP contribution >= 0.6 is 0 Å². The number of fused-ring (bicyclic) bond motifs is 2. The van der Waals surface area contributed by atoms with Crippen molar-refractivity contribution >= 4 is 11.6 Å². The van der Waals surface area contributed by atoms with Crippen LogP contribution in [0, 0.1) is 16.7 Å². The van der Waals surface area contributed by atoms with Crippen molar-refractivity contribution in [3.63, 3.8) is 0 Å². The average Bonchev–Trinajstić information content (AvgIpc) is 2.78. The molecule has 2 aliphatic carbocycles. The molecule has 2 aliphatic rings. The predicted octanol–water partition coefficient (Wildman–Crippen LogP) is 3.32. The number of rotatable bonds is 2. The zero-order chi connectivity index (χ0) is 15.3. The second-order valence-corrected chi connectivity index (χ2v) is 7.01. The van der Waals surface area contributed by atoms with Crippen LogP contribution in [0.15, 0.2) is 29.4 Å². The first kappa shape index (κ1) is 14.1. The molecule has 0 unspecified atom stereocenters. The van der Waals surface area contributed by atoms with E-state index in [0.29, 0.717) is 5.92 Å². The Kier molecular flexibility index (Phi) is 3.08. The van der Waals surface area contributed by atoms with Gasteiger partial charge in [0.05, 0.1) is 5.56 Å². The lowest BCUT2D eigenvalue weighted by molar-refractivity contribution is 0.0951. The number of hydrogen-bond donors (Lipinski definition) is 2. The van der Waals surface area contributed by atoms with Crippen LogP contribution < -0.4 is 5.43 Å². The number of amides is 1. The highest BCUT2D eigenvalue weighted by Crippen LogP contribution is 2.63. The van der Waals surface area contributed by atoms with Crippen LogP contribution in [0.3, 0.4) is 0 Å². The molecule has 1 aromatic rings. The first-order valence-electron chi connectivity index (χ1n) is 7.51. The van der Waals surface area contributed by atoms with Gasteiger partial charge < -0.3 is 5.11 Å². The Morgan fingerprint density at radius 3 is 2.62 bits per heavy atom. The van der Waals surface area contributed by atoms with Crippen molar-refractivity contribution in [3.05, 3.63) is 29.8 Å². The molecule has 2 saturated carbocycles. The molecule has 2 atom stereocenters. The summed E-state index contributed by atoms with van der Waals surface area (Å²) >= 11 is 0. The van der Waals surface area contributed by atoms with Crippen molar-refractivity contribution in [2.24, 2.45) is 21.8 Å². The SMILES string of the molecule is CC1(C)[C@@H]2CC[C@@]1(C)/C(=N\NC(=O)c1ccccc1O)C2. The van der Waals surface area contributed by atoms with Crippen LogP contribution in [0.2, 0.25) is 0 Å². The average molecular weight is 286 g/mol. The molecule has 4 nitrogen and oxygen atoms in total. The smallest absolute Gasteiger partial charge is 0.275 e. The molecule has 4 heteroatoms. The number of para-hydroxylation sites is 1. The minimum Gasteiger partial charge on any atom is -0.507 e. The quantitative estimate of drug-likeness (QED) is 0.819. The summed E-state index contributed by atoms with van der Waals surface area (Å²) in [6, 6.07) is 6.52. The van der Waals surface area contributed by atoms with Gasteiger partial charge in [-0.25, -0.2) is 5.43 Å². The van der Waals surface area contributed by atoms with E-state index in [4.69, 9.17) is 0 Å². The molecule has 3 rings (SSSR count). The summed E-state index contributed by atoms with van der Waals surface area (Å²) in [5, 5.41) is 14.1. The maximum absolute atomic E-state index is 12.1. The first-order valence-corrected chi connectivity index (χ1v) is 7.51. The molecule has 112 valence electrons. The van der Waals surface area contributed by atoms with E-state index < -0.39 is 0 Å². The topological polar surface area (TPSA) is 61.7 Å². The molecule has 2 N–H and O–H groups in total. The summed E-state index contributed by atoms with van der Waals surface area (Å²) < 4.78 is 0. The summed E-state index contributed by atoms with van der Waals surface area (Å²) in [6.45, 7) is 6.86. The van der Waals surface area contributed by atoms with Gasteiger partial charge in [0.15, 0.2) is 0 Å². The minimum atomic E-state index is -0.357. The number of hydrazone groups is 1. The van der Waals surface area contributed by atoms with Gasteiger partial charge >= 0.3 is 0 Å². The van der Waals surface area contributed by atoms with E-state index in [1.807, 2.05) is 0 Å². The van der Waals surface area contributed by atoms with E-state index in [-0.39, 0.29) is 28.1 Å². The molecule has 2 fully saturated rings. The van der Waals surface area contributed by atoms with E-state index in [9.17, 15) is 9.90 Å². The highest BCUT2D eigenvalue weighted by molar-refractivity contribution is 5.99. The molecule has 0 heterocycles. The second kappa shape index (κ2) is 4.58. The van der Waals surface area contributed by atoms with Crippen LogP contribution in [0.4, 0.5) is 0 Å². The van der Waals surface area contributed by atoms with Crippen molar-refractivity contribution in [1.29, 1.82) is 0 Å². The maximum Gasteiger partial charge on any atom is 0.275 e. The van der Waals surface area contributed by atoms with Crippen LogP contribution in [0.25, 0.3) is 0 Å². The molecule has 1 amide bonds. The maximum atomic E-state index is 12.1. The third-order valence-corrected chi connectivity index (χ3v) is 5.95. The monoisotopic (exact) mass is 286 g/mol. The zero-order valence-corrected chi connectivity index (χ0v) is 12.8. The third kappa shape index (κ3) is 1.96. The van der Waals surface area contributed by atoms with Gasteiger partial charge in [0.2, 0.25) is 0 Å². The second-order valence-electron chi connectivity index (χ2n) is 7.01. The number of phenols is 1. The Balaban J connectivity index is 1.79. The van der Waals surface area contributed by atoms with Crippen molar-refractivity contribution in [1.82, 2.24) is 5.43 Å². The molecular weight excluding hydrogens is 264 g/mol. The molecule has 0 aliphatic heterocycles. The number of nitrogens with zero attached hydrogens (tertiary/aromatic N) is 1. The van der Waals surface area contributed by atoms with E-state index in [1.165, 1.54) is 12.5 Å². The van der Waals surface area contributed by atoms with Crippen LogP contribution in [0.1, 0.15) is 50.4 Å². The standard InChI is InChI=1S/C17H22N2O2/c1-16(2)11-8-9-17(16,3)14(10-11)18-19-15(21)12-6-4-5-7-13(12)20/h4-7,11,20H,8-10H2,1-3H3,(H,19,21)/b18-14-/t11-,17+/m1/s1. The van der Waals surface area contributed by atoms with Gasteiger partial charge in [-0.3, -0.25) is 4.79 Å². The molecule has 2 bridgehead atoms. The number of benzene rings is 1. The summed E-state index contributed by atoms with van der Waals surface area (Å²) in [4.78, 5) is 12.1. The van der Waals surface area contributed by atoms with E-state index in [2.05, 4.69) is 31.3 Å². The number of aromatic hydroxyl groups is 1. The van der Waals surface area contributed by atoms with Crippen LogP contribution in [-0.4, -0.2) is 16.7 Å².